The van der Waals surface area contributed by atoms with Gasteiger partial charge in [0.1, 0.15) is 10.6 Å². The van der Waals surface area contributed by atoms with Gasteiger partial charge in [-0.2, -0.15) is 8.42 Å². The lowest BCUT2D eigenvalue weighted by atomic mass is 10.1. The maximum absolute atomic E-state index is 12.7. The molecule has 1 aliphatic carbocycles. The van der Waals surface area contributed by atoms with Gasteiger partial charge in [0.05, 0.1) is 4.92 Å². The minimum Gasteiger partial charge on any atom is -0.379 e. The number of benzene rings is 3. The first kappa shape index (κ1) is 23.9. The van der Waals surface area contributed by atoms with Crippen LogP contribution in [0.4, 0.5) is 17.1 Å². The van der Waals surface area contributed by atoms with Crippen molar-refractivity contribution in [3.63, 3.8) is 0 Å². The normalized spacial score (nSPS) is 13.1. The number of nitrogens with one attached hydrogen (secondary N) is 2. The fourth-order valence-electron chi connectivity index (χ4n) is 3.21. The molecular weight excluding hydrogens is 474 g/mol. The van der Waals surface area contributed by atoms with E-state index in [0.717, 1.165) is 24.5 Å². The summed E-state index contributed by atoms with van der Waals surface area (Å²) in [4.78, 5) is 34.5. The minimum absolute atomic E-state index is 0.0400. The molecule has 4 rings (SSSR count). The van der Waals surface area contributed by atoms with E-state index in [1.807, 2.05) is 6.92 Å². The van der Waals surface area contributed by atoms with Crippen LogP contribution >= 0.6 is 0 Å². The van der Waals surface area contributed by atoms with E-state index in [4.69, 9.17) is 4.18 Å². The second-order valence-electron chi connectivity index (χ2n) is 8.06. The van der Waals surface area contributed by atoms with Gasteiger partial charge in [0, 0.05) is 35.0 Å². The molecule has 0 aromatic heterocycles. The van der Waals surface area contributed by atoms with Crippen LogP contribution < -0.4 is 14.8 Å². The summed E-state index contributed by atoms with van der Waals surface area (Å²) in [5.74, 6) is -0.487. The molecule has 0 radical (unpaired) electrons. The van der Waals surface area contributed by atoms with Crippen molar-refractivity contribution in [2.75, 3.05) is 10.6 Å². The largest absolute Gasteiger partial charge is 0.379 e. The Balaban J connectivity index is 1.44. The number of hydrogen-bond acceptors (Lipinski definition) is 7. The van der Waals surface area contributed by atoms with Crippen LogP contribution in [0.15, 0.2) is 71.6 Å². The van der Waals surface area contributed by atoms with Crippen LogP contribution in [0, 0.1) is 23.0 Å². The van der Waals surface area contributed by atoms with Gasteiger partial charge >= 0.3 is 10.1 Å². The van der Waals surface area contributed by atoms with Gasteiger partial charge in [0.15, 0.2) is 0 Å². The first-order valence-corrected chi connectivity index (χ1v) is 12.0. The highest BCUT2D eigenvalue weighted by molar-refractivity contribution is 7.87. The summed E-state index contributed by atoms with van der Waals surface area (Å²) in [6.07, 6.45) is 1.77. The van der Waals surface area contributed by atoms with E-state index in [1.165, 1.54) is 42.5 Å². The molecule has 2 N–H and O–H groups in total. The molecule has 0 atom stereocenters. The maximum atomic E-state index is 12.7. The van der Waals surface area contributed by atoms with Crippen molar-refractivity contribution in [3.05, 3.63) is 88.0 Å². The summed E-state index contributed by atoms with van der Waals surface area (Å²) in [5, 5.41) is 16.5. The number of nitrogens with zero attached hydrogens (tertiary/aromatic N) is 1. The minimum atomic E-state index is -4.31. The van der Waals surface area contributed by atoms with E-state index in [0.29, 0.717) is 11.4 Å². The molecule has 0 heterocycles. The Hall–Kier alpha value is -4.25. The number of amides is 2. The number of non-ortho nitro benzene ring substituents is 1. The van der Waals surface area contributed by atoms with Gasteiger partial charge in [0.25, 0.3) is 11.6 Å². The van der Waals surface area contributed by atoms with Gasteiger partial charge < -0.3 is 14.8 Å². The summed E-state index contributed by atoms with van der Waals surface area (Å²) in [6, 6.07) is 15.1. The predicted octanol–water partition coefficient (Wildman–Crippen LogP) is 4.27. The molecule has 0 spiro atoms. The highest BCUT2D eigenvalue weighted by Crippen LogP contribution is 2.31. The highest BCUT2D eigenvalue weighted by atomic mass is 32.2. The summed E-state index contributed by atoms with van der Waals surface area (Å²) in [6.45, 7) is 1.82. The third-order valence-corrected chi connectivity index (χ3v) is 6.58. The van der Waals surface area contributed by atoms with Crippen molar-refractivity contribution in [2.24, 2.45) is 5.92 Å². The number of carbonyl (C=O) groups is 2. The van der Waals surface area contributed by atoms with Crippen molar-refractivity contribution < 1.29 is 27.1 Å². The lowest BCUT2D eigenvalue weighted by Crippen LogP contribution is -2.15. The molecule has 3 aromatic rings. The lowest BCUT2D eigenvalue weighted by molar-refractivity contribution is -0.385. The van der Waals surface area contributed by atoms with Crippen LogP contribution in [0.3, 0.4) is 0 Å². The lowest BCUT2D eigenvalue weighted by Gasteiger charge is -2.12. The van der Waals surface area contributed by atoms with Crippen LogP contribution in [0.25, 0.3) is 0 Å². The maximum Gasteiger partial charge on any atom is 0.339 e. The summed E-state index contributed by atoms with van der Waals surface area (Å²) < 4.78 is 30.0. The predicted molar refractivity (Wildman–Crippen MR) is 128 cm³/mol. The average molecular weight is 496 g/mol. The van der Waals surface area contributed by atoms with E-state index >= 15 is 0 Å². The Morgan fingerprint density at radius 1 is 1.00 bits per heavy atom. The molecule has 35 heavy (non-hydrogen) atoms. The smallest absolute Gasteiger partial charge is 0.339 e. The van der Waals surface area contributed by atoms with Gasteiger partial charge in [-0.05, 0) is 67.8 Å². The number of anilines is 2. The van der Waals surface area contributed by atoms with Gasteiger partial charge in [-0.1, -0.05) is 12.1 Å². The Bertz CT molecular complexity index is 1420. The van der Waals surface area contributed by atoms with Gasteiger partial charge in [-0.15, -0.1) is 0 Å². The summed E-state index contributed by atoms with van der Waals surface area (Å²) in [7, 11) is -4.31. The molecule has 0 aliphatic heterocycles. The SMILES string of the molecule is Cc1ccc(NC(=O)C2CC2)cc1NC(=O)c1ccc(OS(=O)(=O)c2cccc([N+](=O)[O-])c2)cc1. The second-order valence-corrected chi connectivity index (χ2v) is 9.61. The standard InChI is InChI=1S/C24H21N3O7S/c1-15-5-10-18(25-23(28)16-6-7-16)13-22(15)26-24(29)17-8-11-20(12-9-17)34-35(32,33)21-4-2-3-19(14-21)27(30)31/h2-5,8-14,16H,6-7H2,1H3,(H,25,28)(H,26,29). The van der Waals surface area contributed by atoms with Crippen LogP contribution in [-0.2, 0) is 14.9 Å². The van der Waals surface area contributed by atoms with E-state index in [2.05, 4.69) is 10.6 Å². The van der Waals surface area contributed by atoms with Gasteiger partial charge in [0.2, 0.25) is 5.91 Å². The topological polar surface area (TPSA) is 145 Å². The Morgan fingerprint density at radius 2 is 1.71 bits per heavy atom. The number of rotatable bonds is 8. The number of carbonyl (C=O) groups excluding carboxylic acids is 2. The fraction of sp³-hybridized carbons (Fsp3) is 0.167. The van der Waals surface area contributed by atoms with Crippen LogP contribution in [0.5, 0.6) is 5.75 Å². The first-order valence-electron chi connectivity index (χ1n) is 10.6. The quantitative estimate of drug-likeness (QED) is 0.270. The zero-order chi connectivity index (χ0) is 25.2. The van der Waals surface area contributed by atoms with E-state index < -0.39 is 20.9 Å². The molecule has 0 saturated heterocycles. The Kier molecular flexibility index (Phi) is 6.52. The van der Waals surface area contributed by atoms with E-state index in [1.54, 1.807) is 18.2 Å². The first-order chi connectivity index (χ1) is 16.6. The molecule has 1 fully saturated rings. The monoisotopic (exact) mass is 495 g/mol. The average Bonchev–Trinajstić information content (AvgIpc) is 3.67. The van der Waals surface area contributed by atoms with Crippen molar-refractivity contribution >= 4 is 39.0 Å². The molecule has 10 nitrogen and oxygen atoms in total. The molecule has 0 unspecified atom stereocenters. The Labute approximate surface area is 201 Å². The van der Waals surface area contributed by atoms with E-state index in [-0.39, 0.29) is 33.7 Å². The molecule has 2 amide bonds. The zero-order valence-corrected chi connectivity index (χ0v) is 19.4. The van der Waals surface area contributed by atoms with E-state index in [9.17, 15) is 28.1 Å². The van der Waals surface area contributed by atoms with Crippen LogP contribution in [0.1, 0.15) is 28.8 Å². The number of nitro groups is 1. The number of hydrogen-bond donors (Lipinski definition) is 2. The molecular formula is C24H21N3O7S. The van der Waals surface area contributed by atoms with Crippen LogP contribution in [0.2, 0.25) is 0 Å². The summed E-state index contributed by atoms with van der Waals surface area (Å²) >= 11 is 0. The second kappa shape index (κ2) is 9.55. The number of aryl methyl sites for hydroxylation is 1. The fourth-order valence-corrected chi connectivity index (χ4v) is 4.18. The summed E-state index contributed by atoms with van der Waals surface area (Å²) in [5.41, 5.74) is 1.77. The van der Waals surface area contributed by atoms with Gasteiger partial charge in [-0.3, -0.25) is 19.7 Å². The Morgan fingerprint density at radius 3 is 2.37 bits per heavy atom. The highest BCUT2D eigenvalue weighted by Gasteiger charge is 2.29. The van der Waals surface area contributed by atoms with Gasteiger partial charge in [-0.25, -0.2) is 0 Å². The zero-order valence-electron chi connectivity index (χ0n) is 18.6. The van der Waals surface area contributed by atoms with Crippen molar-refractivity contribution in [1.29, 1.82) is 0 Å². The third-order valence-electron chi connectivity index (χ3n) is 5.34. The molecule has 3 aromatic carbocycles. The molecule has 11 heteroatoms. The van der Waals surface area contributed by atoms with Crippen molar-refractivity contribution in [3.8, 4) is 5.75 Å². The number of nitro benzene ring substituents is 1. The molecule has 180 valence electrons. The van der Waals surface area contributed by atoms with Crippen LogP contribution in [-0.4, -0.2) is 25.2 Å². The van der Waals surface area contributed by atoms with Crippen molar-refractivity contribution in [2.45, 2.75) is 24.7 Å². The van der Waals surface area contributed by atoms with Crippen molar-refractivity contribution in [1.82, 2.24) is 0 Å². The third kappa shape index (κ3) is 5.82. The molecule has 1 aliphatic rings. The molecule has 1 saturated carbocycles. The molecule has 0 bridgehead atoms.